The van der Waals surface area contributed by atoms with Gasteiger partial charge < -0.3 is 14.9 Å². The van der Waals surface area contributed by atoms with Crippen LogP contribution >= 0.6 is 0 Å². The van der Waals surface area contributed by atoms with Crippen molar-refractivity contribution in [1.29, 1.82) is 0 Å². The van der Waals surface area contributed by atoms with Gasteiger partial charge in [-0.15, -0.1) is 0 Å². The van der Waals surface area contributed by atoms with Crippen molar-refractivity contribution in [3.8, 4) is 0 Å². The van der Waals surface area contributed by atoms with Crippen molar-refractivity contribution in [1.82, 2.24) is 0 Å². The molecule has 0 saturated carbocycles. The summed E-state index contributed by atoms with van der Waals surface area (Å²) in [5.74, 6) is 0.257. The lowest BCUT2D eigenvalue weighted by atomic mass is 9.90. The van der Waals surface area contributed by atoms with E-state index < -0.39 is 0 Å². The monoisotopic (exact) mass is 172 g/mol. The average Bonchev–Trinajstić information content (AvgIpc) is 2.47. The lowest BCUT2D eigenvalue weighted by Crippen LogP contribution is -2.23. The zero-order valence-corrected chi connectivity index (χ0v) is 7.15. The molecule has 3 heteroatoms. The van der Waals surface area contributed by atoms with Gasteiger partial charge >= 0.3 is 0 Å². The van der Waals surface area contributed by atoms with E-state index in [-0.39, 0.29) is 30.8 Å². The Bertz CT molecular complexity index is 160. The number of fused-ring (bicyclic) bond motifs is 2. The van der Waals surface area contributed by atoms with Crippen LogP contribution in [0.15, 0.2) is 0 Å². The van der Waals surface area contributed by atoms with Crippen molar-refractivity contribution < 1.29 is 14.9 Å². The largest absolute Gasteiger partial charge is 0.396 e. The van der Waals surface area contributed by atoms with Crippen LogP contribution in [0.5, 0.6) is 0 Å². The summed E-state index contributed by atoms with van der Waals surface area (Å²) in [6.07, 6.45) is 3.61. The van der Waals surface area contributed by atoms with E-state index in [2.05, 4.69) is 0 Å². The lowest BCUT2D eigenvalue weighted by molar-refractivity contribution is -0.0361. The number of aliphatic hydroxyl groups excluding tert-OH is 2. The van der Waals surface area contributed by atoms with E-state index in [4.69, 9.17) is 9.84 Å². The predicted molar refractivity (Wildman–Crippen MR) is 43.7 cm³/mol. The minimum absolute atomic E-state index is 0.0477. The summed E-state index contributed by atoms with van der Waals surface area (Å²) in [5, 5.41) is 18.6. The maximum absolute atomic E-state index is 9.58. The first-order valence-electron chi connectivity index (χ1n) is 4.75. The van der Waals surface area contributed by atoms with Crippen LogP contribution in [0, 0.1) is 5.92 Å². The second-order valence-electron chi connectivity index (χ2n) is 3.88. The summed E-state index contributed by atoms with van der Waals surface area (Å²) in [5.41, 5.74) is 0. The quantitative estimate of drug-likeness (QED) is 0.598. The van der Waals surface area contributed by atoms with E-state index in [0.29, 0.717) is 0 Å². The van der Waals surface area contributed by atoms with Gasteiger partial charge in [0.15, 0.2) is 0 Å². The molecule has 12 heavy (non-hydrogen) atoms. The number of aliphatic hydroxyl groups is 2. The molecule has 2 fully saturated rings. The zero-order chi connectivity index (χ0) is 8.55. The summed E-state index contributed by atoms with van der Waals surface area (Å²) in [6, 6.07) is 0. The summed E-state index contributed by atoms with van der Waals surface area (Å²) >= 11 is 0. The minimum Gasteiger partial charge on any atom is -0.396 e. The van der Waals surface area contributed by atoms with Crippen molar-refractivity contribution in [2.24, 2.45) is 5.92 Å². The van der Waals surface area contributed by atoms with Crippen molar-refractivity contribution >= 4 is 0 Å². The molecule has 2 aliphatic rings. The molecule has 0 spiro atoms. The molecule has 2 N–H and O–H groups in total. The van der Waals surface area contributed by atoms with Gasteiger partial charge in [0, 0.05) is 12.5 Å². The van der Waals surface area contributed by atoms with Crippen LogP contribution in [0.4, 0.5) is 0 Å². The predicted octanol–water partition coefficient (Wildman–Crippen LogP) is 0.297. The molecule has 2 bridgehead atoms. The zero-order valence-electron chi connectivity index (χ0n) is 7.15. The van der Waals surface area contributed by atoms with Gasteiger partial charge in [-0.3, -0.25) is 0 Å². The van der Waals surface area contributed by atoms with Crippen LogP contribution in [0.25, 0.3) is 0 Å². The second kappa shape index (κ2) is 3.32. The summed E-state index contributed by atoms with van der Waals surface area (Å²) in [7, 11) is 0. The Labute approximate surface area is 72.3 Å². The van der Waals surface area contributed by atoms with Gasteiger partial charge in [0.2, 0.25) is 0 Å². The first-order chi connectivity index (χ1) is 5.81. The number of ether oxygens (including phenoxy) is 1. The van der Waals surface area contributed by atoms with Crippen molar-refractivity contribution in [2.45, 2.75) is 44.0 Å². The molecule has 2 heterocycles. The van der Waals surface area contributed by atoms with Gasteiger partial charge in [0.05, 0.1) is 18.3 Å². The Balaban J connectivity index is 2.05. The minimum atomic E-state index is -0.299. The molecule has 2 saturated heterocycles. The smallest absolute Gasteiger partial charge is 0.0838 e. The van der Waals surface area contributed by atoms with Crippen LogP contribution in [0.2, 0.25) is 0 Å². The van der Waals surface area contributed by atoms with Gasteiger partial charge in [-0.1, -0.05) is 0 Å². The number of hydrogen-bond acceptors (Lipinski definition) is 3. The first-order valence-corrected chi connectivity index (χ1v) is 4.75. The maximum Gasteiger partial charge on any atom is 0.0838 e. The molecule has 0 amide bonds. The summed E-state index contributed by atoms with van der Waals surface area (Å²) < 4.78 is 5.63. The molecule has 70 valence electrons. The highest BCUT2D eigenvalue weighted by atomic mass is 16.5. The fraction of sp³-hybridized carbons (Fsp3) is 1.00. The maximum atomic E-state index is 9.58. The highest BCUT2D eigenvalue weighted by Gasteiger charge is 2.38. The Morgan fingerprint density at radius 1 is 1.08 bits per heavy atom. The summed E-state index contributed by atoms with van der Waals surface area (Å²) in [6.45, 7) is 0.199. The first kappa shape index (κ1) is 8.48. The molecule has 0 aliphatic carbocycles. The molecule has 0 aromatic rings. The topological polar surface area (TPSA) is 49.7 Å². The molecule has 4 atom stereocenters. The molecular weight excluding hydrogens is 156 g/mol. The third kappa shape index (κ3) is 1.37. The second-order valence-corrected chi connectivity index (χ2v) is 3.88. The highest BCUT2D eigenvalue weighted by molar-refractivity contribution is 4.87. The average molecular weight is 172 g/mol. The van der Waals surface area contributed by atoms with Crippen LogP contribution in [0.3, 0.4) is 0 Å². The molecule has 2 aliphatic heterocycles. The normalized spacial score (nSPS) is 47.5. The highest BCUT2D eigenvalue weighted by Crippen LogP contribution is 2.34. The SMILES string of the molecule is OCC1CCC(O)C2CCC1O2. The van der Waals surface area contributed by atoms with Crippen molar-refractivity contribution in [3.05, 3.63) is 0 Å². The van der Waals surface area contributed by atoms with E-state index in [0.717, 1.165) is 25.7 Å². The van der Waals surface area contributed by atoms with Crippen LogP contribution < -0.4 is 0 Å². The molecule has 2 rings (SSSR count). The van der Waals surface area contributed by atoms with Crippen LogP contribution in [-0.2, 0) is 4.74 Å². The van der Waals surface area contributed by atoms with Gasteiger partial charge in [-0.25, -0.2) is 0 Å². The van der Waals surface area contributed by atoms with Gasteiger partial charge in [-0.2, -0.15) is 0 Å². The Kier molecular flexibility index (Phi) is 2.35. The molecular formula is C9H16O3. The number of rotatable bonds is 1. The lowest BCUT2D eigenvalue weighted by Gasteiger charge is -2.18. The fourth-order valence-corrected chi connectivity index (χ4v) is 2.28. The van der Waals surface area contributed by atoms with Crippen molar-refractivity contribution in [3.63, 3.8) is 0 Å². The molecule has 0 radical (unpaired) electrons. The Morgan fingerprint density at radius 3 is 2.58 bits per heavy atom. The third-order valence-electron chi connectivity index (χ3n) is 3.11. The van der Waals surface area contributed by atoms with E-state index >= 15 is 0 Å². The standard InChI is InChI=1S/C9H16O3/c10-5-6-1-2-7(11)9-4-3-8(6)12-9/h6-11H,1-5H2. The van der Waals surface area contributed by atoms with E-state index in [1.807, 2.05) is 0 Å². The van der Waals surface area contributed by atoms with Gasteiger partial charge in [0.1, 0.15) is 0 Å². The van der Waals surface area contributed by atoms with Crippen LogP contribution in [0.1, 0.15) is 25.7 Å². The molecule has 3 nitrogen and oxygen atoms in total. The summed E-state index contributed by atoms with van der Waals surface area (Å²) in [4.78, 5) is 0. The van der Waals surface area contributed by atoms with E-state index in [1.165, 1.54) is 0 Å². The number of hydrogen-bond donors (Lipinski definition) is 2. The Hall–Kier alpha value is -0.120. The van der Waals surface area contributed by atoms with Gasteiger partial charge in [0.25, 0.3) is 0 Å². The molecule has 0 aromatic heterocycles. The van der Waals surface area contributed by atoms with E-state index in [1.54, 1.807) is 0 Å². The van der Waals surface area contributed by atoms with Gasteiger partial charge in [-0.05, 0) is 25.7 Å². The van der Waals surface area contributed by atoms with E-state index in [9.17, 15) is 5.11 Å². The molecule has 4 unspecified atom stereocenters. The molecule has 0 aromatic carbocycles. The fourth-order valence-electron chi connectivity index (χ4n) is 2.28. The van der Waals surface area contributed by atoms with Crippen molar-refractivity contribution in [2.75, 3.05) is 6.61 Å². The van der Waals surface area contributed by atoms with Crippen LogP contribution in [-0.4, -0.2) is 35.1 Å². The third-order valence-corrected chi connectivity index (χ3v) is 3.11. The Morgan fingerprint density at radius 2 is 1.83 bits per heavy atom.